The zero-order valence-corrected chi connectivity index (χ0v) is 16.2. The average molecular weight is 390 g/mol. The van der Waals surface area contributed by atoms with Crippen LogP contribution in [-0.2, 0) is 4.79 Å². The number of nitrogens with one attached hydrogen (secondary N) is 1. The molecular weight excluding hydrogens is 368 g/mol. The zero-order valence-electron chi connectivity index (χ0n) is 16.2. The molecule has 0 saturated carbocycles. The van der Waals surface area contributed by atoms with Crippen molar-refractivity contribution in [2.24, 2.45) is 0 Å². The molecule has 2 aromatic carbocycles. The smallest absolute Gasteiger partial charge is 0.253 e. The van der Waals surface area contributed by atoms with Crippen LogP contribution in [0, 0.1) is 0 Å². The fourth-order valence-corrected chi connectivity index (χ4v) is 3.55. The minimum Gasteiger partial charge on any atom is -0.339 e. The molecule has 1 saturated heterocycles. The molecular formula is C22H22N4O3. The molecule has 29 heavy (non-hydrogen) atoms. The van der Waals surface area contributed by atoms with E-state index in [0.29, 0.717) is 29.5 Å². The summed E-state index contributed by atoms with van der Waals surface area (Å²) in [6.07, 6.45) is 1.80. The highest BCUT2D eigenvalue weighted by Crippen LogP contribution is 2.28. The lowest BCUT2D eigenvalue weighted by Gasteiger charge is -2.31. The Morgan fingerprint density at radius 2 is 1.86 bits per heavy atom. The maximum absolute atomic E-state index is 12.7. The SMILES string of the molecule is CC(=O)Nc1ccc(-c2noc(C3CCCN(C(=O)c4ccccc4)C3)n2)cc1. The number of nitrogens with zero attached hydrogens (tertiary/aromatic N) is 3. The zero-order chi connectivity index (χ0) is 20.2. The molecule has 2 amide bonds. The lowest BCUT2D eigenvalue weighted by molar-refractivity contribution is -0.114. The molecule has 3 aromatic rings. The van der Waals surface area contributed by atoms with E-state index in [1.165, 1.54) is 6.92 Å². The number of carbonyl (C=O) groups excluding carboxylic acids is 2. The van der Waals surface area contributed by atoms with Gasteiger partial charge in [-0.15, -0.1) is 0 Å². The second kappa shape index (κ2) is 8.26. The van der Waals surface area contributed by atoms with Gasteiger partial charge >= 0.3 is 0 Å². The molecule has 1 aliphatic rings. The molecule has 4 rings (SSSR count). The molecule has 0 spiro atoms. The number of benzene rings is 2. The number of likely N-dealkylation sites (tertiary alicyclic amines) is 1. The highest BCUT2D eigenvalue weighted by Gasteiger charge is 2.29. The van der Waals surface area contributed by atoms with Crippen LogP contribution in [0.4, 0.5) is 5.69 Å². The van der Waals surface area contributed by atoms with E-state index < -0.39 is 0 Å². The summed E-state index contributed by atoms with van der Waals surface area (Å²) in [6, 6.07) is 16.6. The number of rotatable bonds is 4. The van der Waals surface area contributed by atoms with Gasteiger partial charge < -0.3 is 14.7 Å². The van der Waals surface area contributed by atoms with Gasteiger partial charge in [0.15, 0.2) is 0 Å². The number of amides is 2. The van der Waals surface area contributed by atoms with Crippen molar-refractivity contribution in [3.8, 4) is 11.4 Å². The van der Waals surface area contributed by atoms with Gasteiger partial charge in [0.25, 0.3) is 5.91 Å². The summed E-state index contributed by atoms with van der Waals surface area (Å²) in [4.78, 5) is 30.3. The molecule has 7 nitrogen and oxygen atoms in total. The highest BCUT2D eigenvalue weighted by molar-refractivity contribution is 5.94. The van der Waals surface area contributed by atoms with Crippen LogP contribution in [0.1, 0.15) is 41.9 Å². The Morgan fingerprint density at radius 3 is 2.59 bits per heavy atom. The van der Waals surface area contributed by atoms with Crippen LogP contribution in [0.2, 0.25) is 0 Å². The van der Waals surface area contributed by atoms with Gasteiger partial charge in [-0.2, -0.15) is 4.98 Å². The normalized spacial score (nSPS) is 16.4. The molecule has 2 heterocycles. The molecule has 7 heteroatoms. The molecule has 1 fully saturated rings. The molecule has 1 aliphatic heterocycles. The summed E-state index contributed by atoms with van der Waals surface area (Å²) in [5.41, 5.74) is 2.22. The Balaban J connectivity index is 1.46. The predicted molar refractivity (Wildman–Crippen MR) is 108 cm³/mol. The number of hydrogen-bond acceptors (Lipinski definition) is 5. The third-order valence-electron chi connectivity index (χ3n) is 4.98. The van der Waals surface area contributed by atoms with E-state index in [0.717, 1.165) is 24.9 Å². The highest BCUT2D eigenvalue weighted by atomic mass is 16.5. The maximum Gasteiger partial charge on any atom is 0.253 e. The van der Waals surface area contributed by atoms with Crippen molar-refractivity contribution in [3.05, 3.63) is 66.1 Å². The Morgan fingerprint density at radius 1 is 1.10 bits per heavy atom. The van der Waals surface area contributed by atoms with Gasteiger partial charge in [0.05, 0.1) is 5.92 Å². The molecule has 1 N–H and O–H groups in total. The van der Waals surface area contributed by atoms with Crippen LogP contribution in [0.25, 0.3) is 11.4 Å². The van der Waals surface area contributed by atoms with Crippen LogP contribution in [0.15, 0.2) is 59.1 Å². The molecule has 1 aromatic heterocycles. The van der Waals surface area contributed by atoms with Crippen LogP contribution in [0.5, 0.6) is 0 Å². The van der Waals surface area contributed by atoms with Crippen molar-refractivity contribution < 1.29 is 14.1 Å². The standard InChI is InChI=1S/C22H22N4O3/c1-15(27)23-19-11-9-16(10-12-19)20-24-21(29-25-20)18-8-5-13-26(14-18)22(28)17-6-3-2-4-7-17/h2-4,6-7,9-12,18H,5,8,13-14H2,1H3,(H,23,27). The number of hydrogen-bond donors (Lipinski definition) is 1. The maximum atomic E-state index is 12.7. The van der Waals surface area contributed by atoms with Crippen molar-refractivity contribution >= 4 is 17.5 Å². The third kappa shape index (κ3) is 4.34. The average Bonchev–Trinajstić information content (AvgIpc) is 3.24. The van der Waals surface area contributed by atoms with E-state index in [1.807, 2.05) is 47.4 Å². The van der Waals surface area contributed by atoms with Crippen LogP contribution < -0.4 is 5.32 Å². The predicted octanol–water partition coefficient (Wildman–Crippen LogP) is 3.71. The quantitative estimate of drug-likeness (QED) is 0.734. The van der Waals surface area contributed by atoms with Gasteiger partial charge in [0.1, 0.15) is 0 Å². The topological polar surface area (TPSA) is 88.3 Å². The van der Waals surface area contributed by atoms with Gasteiger partial charge in [0, 0.05) is 36.8 Å². The Kier molecular flexibility index (Phi) is 5.37. The van der Waals surface area contributed by atoms with Crippen molar-refractivity contribution in [1.82, 2.24) is 15.0 Å². The van der Waals surface area contributed by atoms with Gasteiger partial charge in [-0.1, -0.05) is 23.4 Å². The fraction of sp³-hybridized carbons (Fsp3) is 0.273. The van der Waals surface area contributed by atoms with E-state index in [1.54, 1.807) is 12.1 Å². The first kappa shape index (κ1) is 18.9. The first-order chi connectivity index (χ1) is 14.1. The fourth-order valence-electron chi connectivity index (χ4n) is 3.55. The lowest BCUT2D eigenvalue weighted by Crippen LogP contribution is -2.39. The number of aromatic nitrogens is 2. The molecule has 148 valence electrons. The van der Waals surface area contributed by atoms with Crippen molar-refractivity contribution in [2.45, 2.75) is 25.7 Å². The van der Waals surface area contributed by atoms with Crippen molar-refractivity contribution in [2.75, 3.05) is 18.4 Å². The molecule has 0 radical (unpaired) electrons. The van der Waals surface area contributed by atoms with Crippen LogP contribution >= 0.6 is 0 Å². The lowest BCUT2D eigenvalue weighted by atomic mass is 9.97. The minimum absolute atomic E-state index is 0.0244. The van der Waals surface area contributed by atoms with E-state index in [2.05, 4.69) is 15.5 Å². The Hall–Kier alpha value is -3.48. The summed E-state index contributed by atoms with van der Waals surface area (Å²) < 4.78 is 5.52. The van der Waals surface area contributed by atoms with E-state index >= 15 is 0 Å². The van der Waals surface area contributed by atoms with E-state index in [4.69, 9.17) is 4.52 Å². The largest absolute Gasteiger partial charge is 0.339 e. The first-order valence-corrected chi connectivity index (χ1v) is 9.66. The number of piperidine rings is 1. The molecule has 0 bridgehead atoms. The van der Waals surface area contributed by atoms with Gasteiger partial charge in [-0.05, 0) is 49.2 Å². The minimum atomic E-state index is -0.119. The summed E-state index contributed by atoms with van der Waals surface area (Å²) in [6.45, 7) is 2.77. The Bertz CT molecular complexity index is 998. The van der Waals surface area contributed by atoms with Crippen LogP contribution in [0.3, 0.4) is 0 Å². The van der Waals surface area contributed by atoms with E-state index in [-0.39, 0.29) is 17.7 Å². The third-order valence-corrected chi connectivity index (χ3v) is 4.98. The molecule has 0 aliphatic carbocycles. The van der Waals surface area contributed by atoms with Gasteiger partial charge in [0.2, 0.25) is 17.6 Å². The van der Waals surface area contributed by atoms with Crippen molar-refractivity contribution in [1.29, 1.82) is 0 Å². The van der Waals surface area contributed by atoms with E-state index in [9.17, 15) is 9.59 Å². The Labute approximate surface area is 168 Å². The summed E-state index contributed by atoms with van der Waals surface area (Å²) in [7, 11) is 0. The molecule has 1 unspecified atom stereocenters. The second-order valence-electron chi connectivity index (χ2n) is 7.17. The van der Waals surface area contributed by atoms with Crippen LogP contribution in [-0.4, -0.2) is 39.9 Å². The number of carbonyl (C=O) groups is 2. The number of anilines is 1. The summed E-state index contributed by atoms with van der Waals surface area (Å²) in [5.74, 6) is 0.990. The first-order valence-electron chi connectivity index (χ1n) is 9.66. The van der Waals surface area contributed by atoms with Gasteiger partial charge in [-0.25, -0.2) is 0 Å². The van der Waals surface area contributed by atoms with Gasteiger partial charge in [-0.3, -0.25) is 9.59 Å². The van der Waals surface area contributed by atoms with Crippen molar-refractivity contribution in [3.63, 3.8) is 0 Å². The summed E-state index contributed by atoms with van der Waals surface area (Å²) in [5, 5.41) is 6.83. The molecule has 1 atom stereocenters. The monoisotopic (exact) mass is 390 g/mol. The second-order valence-corrected chi connectivity index (χ2v) is 7.17. The summed E-state index contributed by atoms with van der Waals surface area (Å²) >= 11 is 0.